The molecule has 0 radical (unpaired) electrons. The number of hydrogen-bond acceptors (Lipinski definition) is 3. The van der Waals surface area contributed by atoms with Crippen molar-refractivity contribution in [3.8, 4) is 5.75 Å². The van der Waals surface area contributed by atoms with Gasteiger partial charge in [-0.2, -0.15) is 0 Å². The Labute approximate surface area is 132 Å². The molecule has 2 aliphatic heterocycles. The van der Waals surface area contributed by atoms with Gasteiger partial charge in [0, 0.05) is 6.54 Å². The first kappa shape index (κ1) is 15.3. The highest BCUT2D eigenvalue weighted by atomic mass is 16.5. The fourth-order valence-electron chi connectivity index (χ4n) is 3.45. The van der Waals surface area contributed by atoms with Crippen LogP contribution in [0.1, 0.15) is 38.7 Å². The van der Waals surface area contributed by atoms with Gasteiger partial charge >= 0.3 is 0 Å². The van der Waals surface area contributed by atoms with Gasteiger partial charge in [-0.15, -0.1) is 0 Å². The van der Waals surface area contributed by atoms with Crippen molar-refractivity contribution in [2.75, 3.05) is 24.5 Å². The molecule has 22 heavy (non-hydrogen) atoms. The van der Waals surface area contributed by atoms with Crippen LogP contribution in [0.2, 0.25) is 0 Å². The summed E-state index contributed by atoms with van der Waals surface area (Å²) in [4.78, 5) is 14.3. The van der Waals surface area contributed by atoms with E-state index in [-0.39, 0.29) is 12.0 Å². The summed E-state index contributed by atoms with van der Waals surface area (Å²) in [6.45, 7) is 6.94. The third kappa shape index (κ3) is 3.12. The second-order valence-corrected chi connectivity index (χ2v) is 6.45. The number of ether oxygens (including phenoxy) is 1. The molecule has 120 valence electrons. The van der Waals surface area contributed by atoms with E-state index < -0.39 is 0 Å². The van der Waals surface area contributed by atoms with Crippen molar-refractivity contribution in [2.45, 2.75) is 45.6 Å². The predicted molar refractivity (Wildman–Crippen MR) is 88.5 cm³/mol. The molecule has 3 rings (SSSR count). The van der Waals surface area contributed by atoms with Crippen LogP contribution in [0.3, 0.4) is 0 Å². The van der Waals surface area contributed by atoms with Gasteiger partial charge in [-0.05, 0) is 69.3 Å². The zero-order valence-electron chi connectivity index (χ0n) is 13.6. The number of amides is 1. The summed E-state index contributed by atoms with van der Waals surface area (Å²) in [5, 5.41) is 3.41. The molecule has 0 saturated carbocycles. The molecule has 0 spiro atoms. The third-order valence-electron chi connectivity index (χ3n) is 4.66. The van der Waals surface area contributed by atoms with Crippen molar-refractivity contribution >= 4 is 11.6 Å². The molecule has 4 nitrogen and oxygen atoms in total. The molecule has 4 heteroatoms. The average Bonchev–Trinajstić information content (AvgIpc) is 2.53. The molecule has 2 heterocycles. The number of carbonyl (C=O) groups excluding carboxylic acids is 1. The van der Waals surface area contributed by atoms with Crippen LogP contribution in [0.4, 0.5) is 5.69 Å². The maximum atomic E-state index is 12.4. The Morgan fingerprint density at radius 1 is 1.32 bits per heavy atom. The van der Waals surface area contributed by atoms with Crippen molar-refractivity contribution in [3.63, 3.8) is 0 Å². The Kier molecular flexibility index (Phi) is 4.67. The second kappa shape index (κ2) is 6.69. The molecule has 0 aromatic heterocycles. The van der Waals surface area contributed by atoms with Crippen LogP contribution in [-0.4, -0.2) is 31.6 Å². The first-order valence-corrected chi connectivity index (χ1v) is 8.50. The fraction of sp³-hybridized carbons (Fsp3) is 0.611. The normalized spacial score (nSPS) is 22.4. The fourth-order valence-corrected chi connectivity index (χ4v) is 3.45. The lowest BCUT2D eigenvalue weighted by Crippen LogP contribution is -2.44. The number of piperidine rings is 1. The first-order valence-electron chi connectivity index (χ1n) is 8.50. The summed E-state index contributed by atoms with van der Waals surface area (Å²) in [5.74, 6) is 1.67. The van der Waals surface area contributed by atoms with Gasteiger partial charge in [-0.25, -0.2) is 0 Å². The van der Waals surface area contributed by atoms with Crippen LogP contribution >= 0.6 is 0 Å². The number of benzene rings is 1. The summed E-state index contributed by atoms with van der Waals surface area (Å²) in [5.41, 5.74) is 2.27. The number of nitrogens with one attached hydrogen (secondary N) is 1. The minimum absolute atomic E-state index is 0.0772. The van der Waals surface area contributed by atoms with Crippen LogP contribution in [0.5, 0.6) is 5.75 Å². The topological polar surface area (TPSA) is 41.6 Å². The number of rotatable bonds is 4. The lowest BCUT2D eigenvalue weighted by atomic mass is 9.90. The number of anilines is 1. The molecule has 1 amide bonds. The van der Waals surface area contributed by atoms with E-state index in [4.69, 9.17) is 4.74 Å². The largest absolute Gasteiger partial charge is 0.479 e. The van der Waals surface area contributed by atoms with E-state index in [1.165, 1.54) is 18.4 Å². The molecule has 0 bridgehead atoms. The lowest BCUT2D eigenvalue weighted by Gasteiger charge is -2.33. The Morgan fingerprint density at radius 2 is 2.09 bits per heavy atom. The molecule has 1 N–H and O–H groups in total. The Balaban J connectivity index is 1.82. The third-order valence-corrected chi connectivity index (χ3v) is 4.66. The minimum atomic E-state index is -0.380. The highest BCUT2D eigenvalue weighted by molar-refractivity contribution is 5.99. The van der Waals surface area contributed by atoms with E-state index in [2.05, 4.69) is 24.4 Å². The van der Waals surface area contributed by atoms with E-state index in [1.54, 1.807) is 0 Å². The van der Waals surface area contributed by atoms with Gasteiger partial charge in [0.05, 0.1) is 5.69 Å². The lowest BCUT2D eigenvalue weighted by molar-refractivity contribution is -0.125. The molecule has 1 fully saturated rings. The van der Waals surface area contributed by atoms with Gasteiger partial charge < -0.3 is 15.0 Å². The predicted octanol–water partition coefficient (Wildman–Crippen LogP) is 2.75. The molecule has 0 aliphatic carbocycles. The van der Waals surface area contributed by atoms with Crippen LogP contribution < -0.4 is 15.0 Å². The zero-order valence-corrected chi connectivity index (χ0v) is 13.6. The standard InChI is InChI=1S/C18H26N2O2/c1-3-10-20-16-12-15(11-14-6-8-19-9-7-14)4-5-17(16)22-13(2)18(20)21/h4-5,12-14,19H,3,6-11H2,1-2H3. The van der Waals surface area contributed by atoms with Gasteiger partial charge in [0.25, 0.3) is 5.91 Å². The Hall–Kier alpha value is -1.55. The quantitative estimate of drug-likeness (QED) is 0.930. The van der Waals surface area contributed by atoms with Crippen LogP contribution in [0.15, 0.2) is 18.2 Å². The SMILES string of the molecule is CCCN1C(=O)C(C)Oc2ccc(CC3CCNCC3)cc21. The number of hydrogen-bond donors (Lipinski definition) is 1. The van der Waals surface area contributed by atoms with Crippen molar-refractivity contribution in [1.29, 1.82) is 0 Å². The highest BCUT2D eigenvalue weighted by Gasteiger charge is 2.31. The van der Waals surface area contributed by atoms with Crippen molar-refractivity contribution in [3.05, 3.63) is 23.8 Å². The van der Waals surface area contributed by atoms with E-state index in [1.807, 2.05) is 17.9 Å². The molecular weight excluding hydrogens is 276 g/mol. The highest BCUT2D eigenvalue weighted by Crippen LogP contribution is 2.36. The summed E-state index contributed by atoms with van der Waals surface area (Å²) < 4.78 is 5.76. The summed E-state index contributed by atoms with van der Waals surface area (Å²) in [7, 11) is 0. The molecule has 1 saturated heterocycles. The van der Waals surface area contributed by atoms with Gasteiger partial charge in [-0.1, -0.05) is 13.0 Å². The van der Waals surface area contributed by atoms with Crippen LogP contribution in [0, 0.1) is 5.92 Å². The van der Waals surface area contributed by atoms with Crippen molar-refractivity contribution in [1.82, 2.24) is 5.32 Å². The van der Waals surface area contributed by atoms with Crippen molar-refractivity contribution < 1.29 is 9.53 Å². The number of nitrogens with zero attached hydrogens (tertiary/aromatic N) is 1. The molecule has 1 atom stereocenters. The number of fused-ring (bicyclic) bond motifs is 1. The van der Waals surface area contributed by atoms with Gasteiger partial charge in [-0.3, -0.25) is 4.79 Å². The first-order chi connectivity index (χ1) is 10.7. The zero-order chi connectivity index (χ0) is 15.5. The van der Waals surface area contributed by atoms with E-state index in [9.17, 15) is 4.79 Å². The smallest absolute Gasteiger partial charge is 0.267 e. The summed E-state index contributed by atoms with van der Waals surface area (Å²) in [6, 6.07) is 6.36. The van der Waals surface area contributed by atoms with E-state index in [0.717, 1.165) is 49.8 Å². The van der Waals surface area contributed by atoms with Crippen LogP contribution in [-0.2, 0) is 11.2 Å². The number of carbonyl (C=O) groups is 1. The van der Waals surface area contributed by atoms with Gasteiger partial charge in [0.2, 0.25) is 0 Å². The maximum Gasteiger partial charge on any atom is 0.267 e. The van der Waals surface area contributed by atoms with E-state index in [0.29, 0.717) is 0 Å². The average molecular weight is 302 g/mol. The Bertz CT molecular complexity index is 538. The van der Waals surface area contributed by atoms with E-state index >= 15 is 0 Å². The van der Waals surface area contributed by atoms with Crippen LogP contribution in [0.25, 0.3) is 0 Å². The molecule has 2 aliphatic rings. The molecular formula is C18H26N2O2. The Morgan fingerprint density at radius 3 is 2.82 bits per heavy atom. The summed E-state index contributed by atoms with van der Waals surface area (Å²) >= 11 is 0. The second-order valence-electron chi connectivity index (χ2n) is 6.45. The minimum Gasteiger partial charge on any atom is -0.479 e. The molecule has 1 aromatic carbocycles. The monoisotopic (exact) mass is 302 g/mol. The van der Waals surface area contributed by atoms with Gasteiger partial charge in [0.1, 0.15) is 5.75 Å². The summed E-state index contributed by atoms with van der Waals surface area (Å²) in [6.07, 6.45) is 4.15. The molecule has 1 aromatic rings. The van der Waals surface area contributed by atoms with Gasteiger partial charge in [0.15, 0.2) is 6.10 Å². The molecule has 1 unspecified atom stereocenters. The van der Waals surface area contributed by atoms with Crippen molar-refractivity contribution in [2.24, 2.45) is 5.92 Å². The maximum absolute atomic E-state index is 12.4.